The van der Waals surface area contributed by atoms with E-state index < -0.39 is 10.0 Å². The molecule has 0 aliphatic rings. The number of carbonyl (C=O) groups is 2. The second-order valence-electron chi connectivity index (χ2n) is 6.48. The number of methoxy groups -OCH3 is 1. The van der Waals surface area contributed by atoms with Crippen LogP contribution in [-0.2, 0) is 14.8 Å². The topological polar surface area (TPSA) is 114 Å². The van der Waals surface area contributed by atoms with E-state index in [0.717, 1.165) is 6.42 Å². The van der Waals surface area contributed by atoms with Gasteiger partial charge in [-0.15, -0.1) is 0 Å². The fourth-order valence-corrected chi connectivity index (χ4v) is 3.82. The summed E-state index contributed by atoms with van der Waals surface area (Å²) >= 11 is 0. The molecule has 0 unspecified atom stereocenters. The van der Waals surface area contributed by atoms with E-state index in [0.29, 0.717) is 5.69 Å². The fraction of sp³-hybridized carbons (Fsp3) is 0.300. The molecular formula is C20H25N3O5S. The molecule has 0 aromatic heterocycles. The average molecular weight is 420 g/mol. The lowest BCUT2D eigenvalue weighted by molar-refractivity contribution is -0.114. The highest BCUT2D eigenvalue weighted by Crippen LogP contribution is 2.29. The number of nitrogens with one attached hydrogen (secondary N) is 3. The Morgan fingerprint density at radius 1 is 1.14 bits per heavy atom. The van der Waals surface area contributed by atoms with Crippen LogP contribution in [0.2, 0.25) is 0 Å². The number of ether oxygens (including phenoxy) is 1. The minimum Gasteiger partial charge on any atom is -0.495 e. The summed E-state index contributed by atoms with van der Waals surface area (Å²) in [6.45, 7) is 5.12. The minimum absolute atomic E-state index is 0.0541. The van der Waals surface area contributed by atoms with Gasteiger partial charge in [-0.1, -0.05) is 19.1 Å². The number of para-hydroxylation sites is 1. The van der Waals surface area contributed by atoms with E-state index in [1.165, 1.54) is 38.3 Å². The van der Waals surface area contributed by atoms with E-state index in [2.05, 4.69) is 15.4 Å². The lowest BCUT2D eigenvalue weighted by Gasteiger charge is -2.17. The second-order valence-corrected chi connectivity index (χ2v) is 8.13. The van der Waals surface area contributed by atoms with Crippen molar-refractivity contribution in [3.05, 3.63) is 48.0 Å². The van der Waals surface area contributed by atoms with E-state index >= 15 is 0 Å². The van der Waals surface area contributed by atoms with Gasteiger partial charge in [0.25, 0.3) is 15.9 Å². The van der Waals surface area contributed by atoms with Crippen molar-refractivity contribution in [2.75, 3.05) is 17.1 Å². The SMILES string of the molecule is CC[C@@H](C)NC(=O)c1ccccc1NS(=O)(=O)c1cc(NC(C)=O)ccc1OC. The van der Waals surface area contributed by atoms with Crippen LogP contribution in [0.5, 0.6) is 5.75 Å². The lowest BCUT2D eigenvalue weighted by atomic mass is 10.1. The summed E-state index contributed by atoms with van der Waals surface area (Å²) < 4.78 is 33.7. The molecule has 29 heavy (non-hydrogen) atoms. The van der Waals surface area contributed by atoms with Gasteiger partial charge in [-0.05, 0) is 43.7 Å². The van der Waals surface area contributed by atoms with Crippen LogP contribution in [0, 0.1) is 0 Å². The average Bonchev–Trinajstić information content (AvgIpc) is 2.67. The molecule has 0 saturated carbocycles. The van der Waals surface area contributed by atoms with E-state index in [1.807, 2.05) is 13.8 Å². The van der Waals surface area contributed by atoms with Crippen LogP contribution < -0.4 is 20.1 Å². The first kappa shape index (κ1) is 22.2. The zero-order chi connectivity index (χ0) is 21.6. The molecule has 0 heterocycles. The molecule has 0 aliphatic carbocycles. The van der Waals surface area contributed by atoms with Crippen LogP contribution in [0.15, 0.2) is 47.4 Å². The normalized spacial score (nSPS) is 12.0. The van der Waals surface area contributed by atoms with Crippen LogP contribution in [0.4, 0.5) is 11.4 Å². The summed E-state index contributed by atoms with van der Waals surface area (Å²) in [6.07, 6.45) is 0.743. The Labute approximate surface area is 170 Å². The number of sulfonamides is 1. The largest absolute Gasteiger partial charge is 0.495 e. The summed E-state index contributed by atoms with van der Waals surface area (Å²) in [4.78, 5) is 23.7. The molecule has 0 radical (unpaired) electrons. The van der Waals surface area contributed by atoms with Gasteiger partial charge >= 0.3 is 0 Å². The van der Waals surface area contributed by atoms with Crippen LogP contribution in [0.1, 0.15) is 37.6 Å². The molecule has 0 fully saturated rings. The number of hydrogen-bond acceptors (Lipinski definition) is 5. The first-order valence-electron chi connectivity index (χ1n) is 9.06. The number of anilines is 2. The van der Waals surface area contributed by atoms with E-state index in [1.54, 1.807) is 18.2 Å². The highest BCUT2D eigenvalue weighted by atomic mass is 32.2. The number of rotatable bonds is 8. The number of amides is 2. The van der Waals surface area contributed by atoms with Gasteiger partial charge in [0.15, 0.2) is 0 Å². The maximum absolute atomic E-state index is 13.0. The molecule has 2 amide bonds. The molecule has 0 aliphatic heterocycles. The fourth-order valence-electron chi connectivity index (χ4n) is 2.54. The van der Waals surface area contributed by atoms with Crippen LogP contribution in [-0.4, -0.2) is 33.4 Å². The van der Waals surface area contributed by atoms with Crippen molar-refractivity contribution in [1.29, 1.82) is 0 Å². The zero-order valence-corrected chi connectivity index (χ0v) is 17.6. The Morgan fingerprint density at radius 2 is 1.83 bits per heavy atom. The molecule has 0 bridgehead atoms. The first-order chi connectivity index (χ1) is 13.7. The zero-order valence-electron chi connectivity index (χ0n) is 16.8. The summed E-state index contributed by atoms with van der Waals surface area (Å²) in [6, 6.07) is 10.6. The van der Waals surface area contributed by atoms with Gasteiger partial charge in [0.1, 0.15) is 10.6 Å². The molecule has 8 nitrogen and oxygen atoms in total. The summed E-state index contributed by atoms with van der Waals surface area (Å²) in [5, 5.41) is 5.36. The molecule has 2 rings (SSSR count). The van der Waals surface area contributed by atoms with Gasteiger partial charge in [-0.3, -0.25) is 14.3 Å². The molecular weight excluding hydrogens is 394 g/mol. The third-order valence-corrected chi connectivity index (χ3v) is 5.57. The van der Waals surface area contributed by atoms with Crippen molar-refractivity contribution < 1.29 is 22.7 Å². The highest BCUT2D eigenvalue weighted by Gasteiger charge is 2.23. The van der Waals surface area contributed by atoms with Crippen molar-refractivity contribution >= 4 is 33.2 Å². The Bertz CT molecular complexity index is 1000. The molecule has 2 aromatic rings. The van der Waals surface area contributed by atoms with Gasteiger partial charge in [0.05, 0.1) is 18.4 Å². The van der Waals surface area contributed by atoms with Crippen molar-refractivity contribution in [1.82, 2.24) is 5.32 Å². The van der Waals surface area contributed by atoms with Crippen LogP contribution in [0.25, 0.3) is 0 Å². The predicted molar refractivity (Wildman–Crippen MR) is 112 cm³/mol. The van der Waals surface area contributed by atoms with Gasteiger partial charge in [0.2, 0.25) is 5.91 Å². The Kier molecular flexibility index (Phi) is 7.22. The molecule has 9 heteroatoms. The maximum atomic E-state index is 13.0. The Balaban J connectivity index is 2.42. The predicted octanol–water partition coefficient (Wildman–Crippen LogP) is 2.98. The van der Waals surface area contributed by atoms with E-state index in [9.17, 15) is 18.0 Å². The molecule has 0 spiro atoms. The van der Waals surface area contributed by atoms with Gasteiger partial charge in [0, 0.05) is 18.7 Å². The lowest BCUT2D eigenvalue weighted by Crippen LogP contribution is -2.32. The third kappa shape index (κ3) is 5.71. The number of benzene rings is 2. The number of carbonyl (C=O) groups excluding carboxylic acids is 2. The van der Waals surface area contributed by atoms with Crippen molar-refractivity contribution in [2.45, 2.75) is 38.1 Å². The van der Waals surface area contributed by atoms with Crippen molar-refractivity contribution in [3.8, 4) is 5.75 Å². The molecule has 2 aromatic carbocycles. The second kappa shape index (κ2) is 9.42. The Hall–Kier alpha value is -3.07. The molecule has 0 saturated heterocycles. The quantitative estimate of drug-likeness (QED) is 0.609. The maximum Gasteiger partial charge on any atom is 0.265 e. The van der Waals surface area contributed by atoms with Gasteiger partial charge < -0.3 is 15.4 Å². The minimum atomic E-state index is -4.11. The smallest absolute Gasteiger partial charge is 0.265 e. The van der Waals surface area contributed by atoms with Gasteiger partial charge in [-0.2, -0.15) is 0 Å². The number of hydrogen-bond donors (Lipinski definition) is 3. The summed E-state index contributed by atoms with van der Waals surface area (Å²) in [5.74, 6) is -0.608. The van der Waals surface area contributed by atoms with Crippen molar-refractivity contribution in [3.63, 3.8) is 0 Å². The van der Waals surface area contributed by atoms with Crippen LogP contribution in [0.3, 0.4) is 0 Å². The van der Waals surface area contributed by atoms with Crippen molar-refractivity contribution in [2.24, 2.45) is 0 Å². The van der Waals surface area contributed by atoms with E-state index in [-0.39, 0.29) is 39.8 Å². The summed E-state index contributed by atoms with van der Waals surface area (Å²) in [7, 11) is -2.76. The highest BCUT2D eigenvalue weighted by molar-refractivity contribution is 7.92. The van der Waals surface area contributed by atoms with E-state index in [4.69, 9.17) is 4.74 Å². The third-order valence-electron chi connectivity index (χ3n) is 4.18. The Morgan fingerprint density at radius 3 is 2.45 bits per heavy atom. The van der Waals surface area contributed by atoms with Gasteiger partial charge in [-0.25, -0.2) is 8.42 Å². The first-order valence-corrected chi connectivity index (χ1v) is 10.5. The van der Waals surface area contributed by atoms with Crippen LogP contribution >= 0.6 is 0 Å². The summed E-state index contributed by atoms with van der Waals surface area (Å²) in [5.41, 5.74) is 0.648. The molecule has 156 valence electrons. The monoisotopic (exact) mass is 419 g/mol. The molecule has 1 atom stereocenters. The molecule has 3 N–H and O–H groups in total. The standard InChI is InChI=1S/C20H25N3O5S/c1-5-13(2)21-20(25)16-8-6-7-9-17(16)23-29(26,27)19-12-15(22-14(3)24)10-11-18(19)28-4/h6-13,23H,5H2,1-4H3,(H,21,25)(H,22,24)/t13-/m1/s1.